The lowest BCUT2D eigenvalue weighted by Gasteiger charge is -2.26. The molecule has 6 heterocycles. The smallest absolute Gasteiger partial charge is 0.318 e. The first kappa shape index (κ1) is 35.8. The number of carbonyl (C=O) groups excluding carboxylic acids is 1. The standard InChI is InChI=1S/C33H26F2N6O3.C7H12FN/c1-3-20-8-6-9-21-10-7-12-24(27(20)21)29-28(35)30-25(17-37-29)31(40-33(39-30)43-2)41-14-15-44-19-23(18-41)38-32(42)26(34)16-22-11-4-5-13-36-22;8-6-4-7-2-1-3-9(7)5-6/h1,4-13,16-17,23H,14-15,18-19H2,2H3,(H,38,42);6-7H,1-5H2/b26-16-;. The van der Waals surface area contributed by atoms with Crippen molar-refractivity contribution in [1.29, 1.82) is 0 Å². The summed E-state index contributed by atoms with van der Waals surface area (Å²) in [5.74, 6) is 0.445. The first-order valence-corrected chi connectivity index (χ1v) is 17.5. The molecule has 3 saturated heterocycles. The maximum Gasteiger partial charge on any atom is 0.318 e. The molecule has 1 amide bonds. The summed E-state index contributed by atoms with van der Waals surface area (Å²) in [7, 11) is 1.39. The van der Waals surface area contributed by atoms with Crippen LogP contribution in [0.4, 0.5) is 19.0 Å². The van der Waals surface area contributed by atoms with Gasteiger partial charge in [0.05, 0.1) is 37.4 Å². The molecule has 0 radical (unpaired) electrons. The highest BCUT2D eigenvalue weighted by atomic mass is 19.1. The molecular weight excluding hydrogens is 683 g/mol. The van der Waals surface area contributed by atoms with Crippen LogP contribution in [-0.2, 0) is 9.53 Å². The van der Waals surface area contributed by atoms with Crippen LogP contribution in [0.15, 0.2) is 72.8 Å². The zero-order chi connectivity index (χ0) is 36.9. The summed E-state index contributed by atoms with van der Waals surface area (Å²) in [6.45, 7) is 2.82. The Kier molecular flexibility index (Phi) is 10.8. The Hall–Kier alpha value is -5.58. The normalized spacial score (nSPS) is 20.3. The van der Waals surface area contributed by atoms with Gasteiger partial charge in [-0.1, -0.05) is 42.3 Å². The number of hydrogen-bond acceptors (Lipinski definition) is 9. The van der Waals surface area contributed by atoms with E-state index in [1.54, 1.807) is 35.2 Å². The van der Waals surface area contributed by atoms with Crippen LogP contribution < -0.4 is 15.0 Å². The quantitative estimate of drug-likeness (QED) is 0.170. The molecule has 272 valence electrons. The van der Waals surface area contributed by atoms with Gasteiger partial charge in [0.1, 0.15) is 23.2 Å². The van der Waals surface area contributed by atoms with Crippen molar-refractivity contribution in [1.82, 2.24) is 30.2 Å². The summed E-state index contributed by atoms with van der Waals surface area (Å²) in [6.07, 6.45) is 12.7. The third kappa shape index (κ3) is 7.79. The number of hydrogen-bond donors (Lipinski definition) is 1. The van der Waals surface area contributed by atoms with E-state index in [4.69, 9.17) is 15.9 Å². The summed E-state index contributed by atoms with van der Waals surface area (Å²) >= 11 is 0. The second kappa shape index (κ2) is 16.0. The lowest BCUT2D eigenvalue weighted by atomic mass is 9.97. The van der Waals surface area contributed by atoms with Crippen LogP contribution in [0.25, 0.3) is 39.0 Å². The van der Waals surface area contributed by atoms with Crippen molar-refractivity contribution < 1.29 is 27.4 Å². The summed E-state index contributed by atoms with van der Waals surface area (Å²) in [5.41, 5.74) is 1.54. The predicted molar refractivity (Wildman–Crippen MR) is 197 cm³/mol. The molecule has 53 heavy (non-hydrogen) atoms. The lowest BCUT2D eigenvalue weighted by molar-refractivity contribution is -0.119. The molecule has 0 saturated carbocycles. The van der Waals surface area contributed by atoms with E-state index in [2.05, 4.69) is 36.1 Å². The molecule has 1 N–H and O–H groups in total. The summed E-state index contributed by atoms with van der Waals surface area (Å²) in [5, 5.41) is 4.56. The van der Waals surface area contributed by atoms with Gasteiger partial charge >= 0.3 is 6.01 Å². The van der Waals surface area contributed by atoms with E-state index in [0.29, 0.717) is 52.5 Å². The van der Waals surface area contributed by atoms with Gasteiger partial charge in [0, 0.05) is 60.7 Å². The molecule has 0 aliphatic carbocycles. The first-order chi connectivity index (χ1) is 25.8. The number of aromatic nitrogens is 4. The van der Waals surface area contributed by atoms with Crippen LogP contribution in [0.1, 0.15) is 30.5 Å². The second-order valence-corrected chi connectivity index (χ2v) is 13.1. The molecule has 3 unspecified atom stereocenters. The van der Waals surface area contributed by atoms with Gasteiger partial charge in [-0.25, -0.2) is 13.2 Å². The number of methoxy groups -OCH3 is 1. The zero-order valence-electron chi connectivity index (χ0n) is 29.1. The molecule has 10 nitrogen and oxygen atoms in total. The number of rotatable bonds is 6. The molecular formula is C40H38F3N7O3. The Balaban J connectivity index is 0.000000418. The minimum atomic E-state index is -0.992. The minimum absolute atomic E-state index is 0.00197. The van der Waals surface area contributed by atoms with Crippen LogP contribution in [0.3, 0.4) is 0 Å². The molecule has 0 bridgehead atoms. The van der Waals surface area contributed by atoms with Gasteiger partial charge < -0.3 is 19.7 Å². The fraction of sp³-hybridized carbons (Fsp3) is 0.325. The van der Waals surface area contributed by atoms with Crippen molar-refractivity contribution in [2.45, 2.75) is 37.5 Å². The van der Waals surface area contributed by atoms with Gasteiger partial charge in [-0.15, -0.1) is 6.42 Å². The number of nitrogens with one attached hydrogen (secondary N) is 1. The molecule has 3 aliphatic heterocycles. The predicted octanol–water partition coefficient (Wildman–Crippen LogP) is 5.89. The Bertz CT molecular complexity index is 2180. The summed E-state index contributed by atoms with van der Waals surface area (Å²) < 4.78 is 54.7. The number of terminal acetylenes is 1. The van der Waals surface area contributed by atoms with Crippen molar-refractivity contribution in [2.24, 2.45) is 0 Å². The fourth-order valence-electron chi connectivity index (χ4n) is 7.23. The molecule has 13 heteroatoms. The molecule has 0 spiro atoms. The molecule has 3 atom stereocenters. The monoisotopic (exact) mass is 721 g/mol. The van der Waals surface area contributed by atoms with E-state index in [-0.39, 0.29) is 37.0 Å². The highest BCUT2D eigenvalue weighted by molar-refractivity contribution is 6.02. The number of ether oxygens (including phenoxy) is 2. The molecule has 3 aromatic heterocycles. The second-order valence-electron chi connectivity index (χ2n) is 13.1. The number of nitrogens with zero attached hydrogens (tertiary/aromatic N) is 6. The van der Waals surface area contributed by atoms with Crippen LogP contribution >= 0.6 is 0 Å². The lowest BCUT2D eigenvalue weighted by Crippen LogP contribution is -2.45. The largest absolute Gasteiger partial charge is 0.467 e. The number of amides is 1. The third-order valence-electron chi connectivity index (χ3n) is 9.68. The van der Waals surface area contributed by atoms with E-state index in [0.717, 1.165) is 24.4 Å². The van der Waals surface area contributed by atoms with E-state index in [1.165, 1.54) is 32.3 Å². The summed E-state index contributed by atoms with van der Waals surface area (Å²) in [6, 6.07) is 15.9. The average molecular weight is 722 g/mol. The zero-order valence-corrected chi connectivity index (χ0v) is 29.1. The van der Waals surface area contributed by atoms with Gasteiger partial charge in [-0.05, 0) is 49.4 Å². The van der Waals surface area contributed by atoms with Crippen LogP contribution in [0.2, 0.25) is 0 Å². The number of alkyl halides is 1. The Labute approximate surface area is 305 Å². The fourth-order valence-corrected chi connectivity index (χ4v) is 7.23. The topological polar surface area (TPSA) is 106 Å². The van der Waals surface area contributed by atoms with Crippen LogP contribution in [-0.4, -0.2) is 95.5 Å². The molecule has 5 aromatic rings. The number of fused-ring (bicyclic) bond motifs is 3. The van der Waals surface area contributed by atoms with E-state index >= 15 is 4.39 Å². The van der Waals surface area contributed by atoms with Crippen molar-refractivity contribution >= 4 is 39.5 Å². The van der Waals surface area contributed by atoms with E-state index < -0.39 is 29.8 Å². The number of anilines is 1. The molecule has 2 aromatic carbocycles. The number of halogens is 3. The first-order valence-electron chi connectivity index (χ1n) is 17.5. The number of pyridine rings is 2. The number of benzene rings is 2. The van der Waals surface area contributed by atoms with Gasteiger partial charge in [0.2, 0.25) is 0 Å². The van der Waals surface area contributed by atoms with Crippen molar-refractivity contribution in [3.63, 3.8) is 0 Å². The van der Waals surface area contributed by atoms with Crippen molar-refractivity contribution in [3.8, 4) is 29.6 Å². The Morgan fingerprint density at radius 2 is 1.94 bits per heavy atom. The van der Waals surface area contributed by atoms with Gasteiger partial charge in [-0.3, -0.25) is 19.7 Å². The van der Waals surface area contributed by atoms with Crippen molar-refractivity contribution in [2.75, 3.05) is 51.4 Å². The highest BCUT2D eigenvalue weighted by Gasteiger charge is 2.34. The number of carbonyl (C=O) groups is 1. The van der Waals surface area contributed by atoms with Crippen molar-refractivity contribution in [3.05, 3.63) is 89.9 Å². The highest BCUT2D eigenvalue weighted by Crippen LogP contribution is 2.36. The average Bonchev–Trinajstić information content (AvgIpc) is 3.68. The maximum atomic E-state index is 16.4. The van der Waals surface area contributed by atoms with E-state index in [1.807, 2.05) is 24.3 Å². The minimum Gasteiger partial charge on any atom is -0.467 e. The summed E-state index contributed by atoms with van der Waals surface area (Å²) in [4.78, 5) is 34.1. The Morgan fingerprint density at radius 1 is 1.09 bits per heavy atom. The molecule has 8 rings (SSSR count). The molecule has 3 fully saturated rings. The van der Waals surface area contributed by atoms with Gasteiger partial charge in [-0.2, -0.15) is 9.97 Å². The van der Waals surface area contributed by atoms with Crippen LogP contribution in [0.5, 0.6) is 6.01 Å². The maximum absolute atomic E-state index is 16.4. The Morgan fingerprint density at radius 3 is 2.72 bits per heavy atom. The third-order valence-corrected chi connectivity index (χ3v) is 9.68. The SMILES string of the molecule is C#Cc1cccc2cccc(-c3ncc4c(N5CCOCC(NC(=O)/C(F)=C/c6ccccn6)C5)nc(OC)nc4c3F)c12.FC1CC2CCCN2C1. The van der Waals surface area contributed by atoms with Crippen LogP contribution in [0, 0.1) is 18.2 Å². The molecule has 3 aliphatic rings. The van der Waals surface area contributed by atoms with Gasteiger partial charge in [0.25, 0.3) is 5.91 Å². The van der Waals surface area contributed by atoms with Gasteiger partial charge in [0.15, 0.2) is 11.6 Å². The van der Waals surface area contributed by atoms with E-state index in [9.17, 15) is 13.6 Å².